The Bertz CT molecular complexity index is 419. The van der Waals surface area contributed by atoms with Gasteiger partial charge in [-0.15, -0.1) is 0 Å². The van der Waals surface area contributed by atoms with Crippen LogP contribution < -0.4 is 0 Å². The van der Waals surface area contributed by atoms with Gasteiger partial charge in [-0.1, -0.05) is 31.4 Å². The number of rotatable bonds is 1. The van der Waals surface area contributed by atoms with Crippen molar-refractivity contribution in [3.8, 4) is 0 Å². The lowest BCUT2D eigenvalue weighted by atomic mass is 9.53. The van der Waals surface area contributed by atoms with E-state index in [1.54, 1.807) is 0 Å². The van der Waals surface area contributed by atoms with E-state index in [0.717, 1.165) is 25.7 Å². The SMILES string of the molecule is CC12C=CCCC1(C1CCCCC1)C(=O)OC2=O. The zero-order valence-electron chi connectivity index (χ0n) is 10.9. The smallest absolute Gasteiger partial charge is 0.324 e. The molecule has 0 amide bonds. The first kappa shape index (κ1) is 11.9. The summed E-state index contributed by atoms with van der Waals surface area (Å²) in [5, 5.41) is 0. The lowest BCUT2D eigenvalue weighted by Gasteiger charge is -2.45. The molecule has 0 N–H and O–H groups in total. The summed E-state index contributed by atoms with van der Waals surface area (Å²) in [4.78, 5) is 24.5. The highest BCUT2D eigenvalue weighted by Gasteiger charge is 2.67. The van der Waals surface area contributed by atoms with Crippen LogP contribution in [0.15, 0.2) is 12.2 Å². The first-order chi connectivity index (χ1) is 8.61. The van der Waals surface area contributed by atoms with E-state index >= 15 is 0 Å². The quantitative estimate of drug-likeness (QED) is 0.407. The molecule has 2 atom stereocenters. The van der Waals surface area contributed by atoms with E-state index in [1.807, 2.05) is 19.1 Å². The highest BCUT2D eigenvalue weighted by Crippen LogP contribution is 2.60. The number of carbonyl (C=O) groups excluding carboxylic acids is 2. The minimum atomic E-state index is -0.718. The van der Waals surface area contributed by atoms with Crippen molar-refractivity contribution < 1.29 is 14.3 Å². The molecule has 0 aromatic carbocycles. The largest absolute Gasteiger partial charge is 0.392 e. The minimum absolute atomic E-state index is 0.258. The molecule has 0 bridgehead atoms. The van der Waals surface area contributed by atoms with Crippen LogP contribution in [0, 0.1) is 16.7 Å². The summed E-state index contributed by atoms with van der Waals surface area (Å²) >= 11 is 0. The average molecular weight is 248 g/mol. The van der Waals surface area contributed by atoms with Gasteiger partial charge in [-0.05, 0) is 38.5 Å². The Morgan fingerprint density at radius 2 is 1.89 bits per heavy atom. The first-order valence-corrected chi connectivity index (χ1v) is 7.06. The summed E-state index contributed by atoms with van der Waals surface area (Å²) in [5.74, 6) is -0.277. The third-order valence-corrected chi connectivity index (χ3v) is 5.36. The van der Waals surface area contributed by atoms with Crippen molar-refractivity contribution in [2.45, 2.75) is 51.9 Å². The van der Waals surface area contributed by atoms with Gasteiger partial charge in [-0.25, -0.2) is 0 Å². The number of hydrogen-bond donors (Lipinski definition) is 0. The van der Waals surface area contributed by atoms with Gasteiger partial charge in [0.2, 0.25) is 0 Å². The van der Waals surface area contributed by atoms with Gasteiger partial charge < -0.3 is 4.74 Å². The van der Waals surface area contributed by atoms with E-state index in [0.29, 0.717) is 5.92 Å². The van der Waals surface area contributed by atoms with Crippen LogP contribution in [-0.2, 0) is 14.3 Å². The number of carbonyl (C=O) groups is 2. The van der Waals surface area contributed by atoms with Gasteiger partial charge >= 0.3 is 11.9 Å². The zero-order chi connectivity index (χ0) is 12.8. The predicted octanol–water partition coefficient (Wildman–Crippen LogP) is 2.99. The van der Waals surface area contributed by atoms with Crippen molar-refractivity contribution in [2.24, 2.45) is 16.7 Å². The molecule has 0 spiro atoms. The molecule has 3 rings (SSSR count). The number of cyclic esters (lactones) is 2. The number of allylic oxidation sites excluding steroid dienone is 1. The van der Waals surface area contributed by atoms with Gasteiger partial charge in [0.05, 0.1) is 5.41 Å². The Kier molecular flexibility index (Phi) is 2.61. The highest BCUT2D eigenvalue weighted by molar-refractivity contribution is 6.03. The van der Waals surface area contributed by atoms with Crippen LogP contribution in [0.5, 0.6) is 0 Å². The average Bonchev–Trinajstić information content (AvgIpc) is 2.59. The predicted molar refractivity (Wildman–Crippen MR) is 66.6 cm³/mol. The summed E-state index contributed by atoms with van der Waals surface area (Å²) in [6.07, 6.45) is 11.3. The Morgan fingerprint density at radius 1 is 1.17 bits per heavy atom. The van der Waals surface area contributed by atoms with E-state index in [-0.39, 0.29) is 11.9 Å². The summed E-state index contributed by atoms with van der Waals surface area (Å²) in [6, 6.07) is 0. The molecule has 98 valence electrons. The molecule has 2 aliphatic carbocycles. The Morgan fingerprint density at radius 3 is 2.61 bits per heavy atom. The molecular formula is C15H20O3. The minimum Gasteiger partial charge on any atom is -0.392 e. The van der Waals surface area contributed by atoms with E-state index in [1.165, 1.54) is 19.3 Å². The Hall–Kier alpha value is -1.12. The molecular weight excluding hydrogens is 228 g/mol. The van der Waals surface area contributed by atoms with Crippen LogP contribution in [-0.4, -0.2) is 11.9 Å². The van der Waals surface area contributed by atoms with Crippen molar-refractivity contribution in [1.82, 2.24) is 0 Å². The van der Waals surface area contributed by atoms with Crippen LogP contribution in [0.3, 0.4) is 0 Å². The lowest BCUT2D eigenvalue weighted by molar-refractivity contribution is -0.157. The number of fused-ring (bicyclic) bond motifs is 1. The summed E-state index contributed by atoms with van der Waals surface area (Å²) < 4.78 is 5.04. The van der Waals surface area contributed by atoms with E-state index in [2.05, 4.69) is 0 Å². The van der Waals surface area contributed by atoms with Gasteiger partial charge in [0.1, 0.15) is 5.41 Å². The molecule has 3 heteroatoms. The van der Waals surface area contributed by atoms with Gasteiger partial charge in [0.25, 0.3) is 0 Å². The molecule has 2 fully saturated rings. The molecule has 18 heavy (non-hydrogen) atoms. The Labute approximate surface area is 108 Å². The maximum Gasteiger partial charge on any atom is 0.324 e. The van der Waals surface area contributed by atoms with Gasteiger partial charge in [0.15, 0.2) is 0 Å². The monoisotopic (exact) mass is 248 g/mol. The fraction of sp³-hybridized carbons (Fsp3) is 0.733. The fourth-order valence-electron chi connectivity index (χ4n) is 4.27. The summed E-state index contributed by atoms with van der Waals surface area (Å²) in [6.45, 7) is 1.89. The fourth-order valence-corrected chi connectivity index (χ4v) is 4.27. The zero-order valence-corrected chi connectivity index (χ0v) is 10.9. The van der Waals surface area contributed by atoms with E-state index in [9.17, 15) is 9.59 Å². The van der Waals surface area contributed by atoms with Crippen molar-refractivity contribution in [2.75, 3.05) is 0 Å². The van der Waals surface area contributed by atoms with E-state index in [4.69, 9.17) is 4.74 Å². The first-order valence-electron chi connectivity index (χ1n) is 7.06. The summed E-state index contributed by atoms with van der Waals surface area (Å²) in [7, 11) is 0. The second-order valence-electron chi connectivity index (χ2n) is 6.13. The van der Waals surface area contributed by atoms with Crippen LogP contribution in [0.4, 0.5) is 0 Å². The molecule has 1 saturated carbocycles. The molecule has 1 aliphatic heterocycles. The van der Waals surface area contributed by atoms with Gasteiger partial charge in [0, 0.05) is 0 Å². The number of ether oxygens (including phenoxy) is 1. The van der Waals surface area contributed by atoms with E-state index < -0.39 is 10.8 Å². The highest BCUT2D eigenvalue weighted by atomic mass is 16.6. The standard InChI is InChI=1S/C15H20O3/c1-14-9-5-6-10-15(14,13(17)18-12(14)16)11-7-3-2-4-8-11/h5,9,11H,2-4,6-8,10H2,1H3. The molecule has 2 unspecified atom stereocenters. The van der Waals surface area contributed by atoms with Crippen molar-refractivity contribution in [3.63, 3.8) is 0 Å². The van der Waals surface area contributed by atoms with Crippen LogP contribution in [0.1, 0.15) is 51.9 Å². The maximum atomic E-state index is 12.4. The molecule has 0 aromatic heterocycles. The normalized spacial score (nSPS) is 40.7. The number of hydrogen-bond acceptors (Lipinski definition) is 3. The molecule has 1 heterocycles. The molecule has 3 nitrogen and oxygen atoms in total. The molecule has 1 saturated heterocycles. The Balaban J connectivity index is 2.07. The third kappa shape index (κ3) is 1.30. The van der Waals surface area contributed by atoms with Crippen LogP contribution in [0.2, 0.25) is 0 Å². The number of esters is 2. The lowest BCUT2D eigenvalue weighted by Crippen LogP contribution is -2.49. The molecule has 0 aromatic rings. The van der Waals surface area contributed by atoms with Crippen molar-refractivity contribution in [1.29, 1.82) is 0 Å². The van der Waals surface area contributed by atoms with Crippen molar-refractivity contribution >= 4 is 11.9 Å². The second kappa shape index (κ2) is 3.94. The second-order valence-corrected chi connectivity index (χ2v) is 6.13. The van der Waals surface area contributed by atoms with Gasteiger partial charge in [-0.2, -0.15) is 0 Å². The van der Waals surface area contributed by atoms with Crippen LogP contribution in [0.25, 0.3) is 0 Å². The third-order valence-electron chi connectivity index (χ3n) is 5.36. The maximum absolute atomic E-state index is 12.4. The van der Waals surface area contributed by atoms with Crippen molar-refractivity contribution in [3.05, 3.63) is 12.2 Å². The molecule has 0 radical (unpaired) electrons. The topological polar surface area (TPSA) is 43.4 Å². The molecule has 3 aliphatic rings. The summed E-state index contributed by atoms with van der Waals surface area (Å²) in [5.41, 5.74) is -1.29. The van der Waals surface area contributed by atoms with Crippen LogP contribution >= 0.6 is 0 Å². The van der Waals surface area contributed by atoms with Gasteiger partial charge in [-0.3, -0.25) is 9.59 Å².